The molecule has 0 aliphatic rings. The van der Waals surface area contributed by atoms with Crippen LogP contribution in [-0.4, -0.2) is 47.0 Å². The second kappa shape index (κ2) is 5.25. The molecule has 0 radical (unpaired) electrons. The molecule has 3 N–H and O–H groups in total. The van der Waals surface area contributed by atoms with Crippen molar-refractivity contribution in [1.82, 2.24) is 14.5 Å². The van der Waals surface area contributed by atoms with E-state index in [0.29, 0.717) is 0 Å². The number of aliphatic carboxylic acids is 1. The van der Waals surface area contributed by atoms with E-state index >= 15 is 0 Å². The second-order valence-corrected chi connectivity index (χ2v) is 5.05. The standard InChI is InChI=1S/C8H13N3O5S/c1-11-7(3-4-9-11)17(15,16)10-5-2-6(12)8(13)14/h3-4,6,10,12H,2,5H2,1H3,(H,13,14). The molecular formula is C8H13N3O5S. The van der Waals surface area contributed by atoms with Crippen molar-refractivity contribution in [2.24, 2.45) is 7.05 Å². The topological polar surface area (TPSA) is 122 Å². The average molecular weight is 263 g/mol. The van der Waals surface area contributed by atoms with E-state index in [-0.39, 0.29) is 18.0 Å². The van der Waals surface area contributed by atoms with Crippen LogP contribution in [-0.2, 0) is 21.9 Å². The fourth-order valence-electron chi connectivity index (χ4n) is 1.15. The monoisotopic (exact) mass is 263 g/mol. The van der Waals surface area contributed by atoms with Gasteiger partial charge < -0.3 is 10.2 Å². The summed E-state index contributed by atoms with van der Waals surface area (Å²) in [5.41, 5.74) is 0. The number of aliphatic hydroxyl groups excluding tert-OH is 1. The van der Waals surface area contributed by atoms with Gasteiger partial charge in [-0.2, -0.15) is 5.10 Å². The largest absolute Gasteiger partial charge is 0.479 e. The Morgan fingerprint density at radius 3 is 2.76 bits per heavy atom. The molecule has 1 atom stereocenters. The Bertz CT molecular complexity index is 495. The first kappa shape index (κ1) is 13.6. The molecule has 0 saturated carbocycles. The van der Waals surface area contributed by atoms with Crippen LogP contribution in [0.15, 0.2) is 17.3 Å². The summed E-state index contributed by atoms with van der Waals surface area (Å²) in [5, 5.41) is 21.0. The summed E-state index contributed by atoms with van der Waals surface area (Å²) in [6.07, 6.45) is -0.447. The molecule has 8 nitrogen and oxygen atoms in total. The van der Waals surface area contributed by atoms with Crippen LogP contribution in [0.3, 0.4) is 0 Å². The number of hydrogen-bond acceptors (Lipinski definition) is 5. The number of carboxylic acid groups (broad SMARTS) is 1. The van der Waals surface area contributed by atoms with Gasteiger partial charge >= 0.3 is 5.97 Å². The first-order valence-electron chi connectivity index (χ1n) is 4.73. The third-order valence-electron chi connectivity index (χ3n) is 2.05. The van der Waals surface area contributed by atoms with Crippen molar-refractivity contribution >= 4 is 16.0 Å². The molecule has 0 bridgehead atoms. The quantitative estimate of drug-likeness (QED) is 0.576. The lowest BCUT2D eigenvalue weighted by Crippen LogP contribution is -2.31. The minimum absolute atomic E-state index is 0.0256. The third kappa shape index (κ3) is 3.51. The molecule has 17 heavy (non-hydrogen) atoms. The van der Waals surface area contributed by atoms with Gasteiger partial charge in [-0.25, -0.2) is 17.9 Å². The molecule has 0 aliphatic heterocycles. The summed E-state index contributed by atoms with van der Waals surface area (Å²) in [7, 11) is -2.25. The normalized spacial score (nSPS) is 13.5. The highest BCUT2D eigenvalue weighted by Gasteiger charge is 2.19. The maximum Gasteiger partial charge on any atom is 0.332 e. The summed E-state index contributed by atoms with van der Waals surface area (Å²) in [4.78, 5) is 10.3. The molecule has 0 spiro atoms. The van der Waals surface area contributed by atoms with Crippen molar-refractivity contribution < 1.29 is 23.4 Å². The molecule has 1 rings (SSSR count). The Morgan fingerprint density at radius 1 is 1.65 bits per heavy atom. The highest BCUT2D eigenvalue weighted by atomic mass is 32.2. The molecule has 1 aromatic heterocycles. The third-order valence-corrected chi connectivity index (χ3v) is 3.58. The zero-order chi connectivity index (χ0) is 13.1. The zero-order valence-electron chi connectivity index (χ0n) is 9.07. The molecule has 0 aliphatic carbocycles. The molecule has 1 unspecified atom stereocenters. The second-order valence-electron chi connectivity index (χ2n) is 3.33. The van der Waals surface area contributed by atoms with Crippen LogP contribution < -0.4 is 4.72 Å². The van der Waals surface area contributed by atoms with E-state index in [1.807, 2.05) is 0 Å². The van der Waals surface area contributed by atoms with Gasteiger partial charge in [0, 0.05) is 13.6 Å². The SMILES string of the molecule is Cn1nccc1S(=O)(=O)NCCC(O)C(=O)O. The molecule has 0 fully saturated rings. The molecular weight excluding hydrogens is 250 g/mol. The van der Waals surface area contributed by atoms with Crippen LogP contribution in [0.5, 0.6) is 0 Å². The molecule has 1 aromatic rings. The number of nitrogens with zero attached hydrogens (tertiary/aromatic N) is 2. The fraction of sp³-hybridized carbons (Fsp3) is 0.500. The van der Waals surface area contributed by atoms with Crippen LogP contribution in [0, 0.1) is 0 Å². The van der Waals surface area contributed by atoms with Crippen molar-refractivity contribution in [2.45, 2.75) is 17.6 Å². The Hall–Kier alpha value is -1.45. The predicted molar refractivity (Wildman–Crippen MR) is 56.7 cm³/mol. The smallest absolute Gasteiger partial charge is 0.332 e. The zero-order valence-corrected chi connectivity index (χ0v) is 9.88. The van der Waals surface area contributed by atoms with Gasteiger partial charge in [0.05, 0.1) is 6.20 Å². The Kier molecular flexibility index (Phi) is 4.21. The van der Waals surface area contributed by atoms with Gasteiger partial charge in [0.1, 0.15) is 0 Å². The van der Waals surface area contributed by atoms with Gasteiger partial charge in [-0.05, 0) is 12.5 Å². The van der Waals surface area contributed by atoms with Crippen LogP contribution in [0.4, 0.5) is 0 Å². The Labute approximate surface area is 97.9 Å². The van der Waals surface area contributed by atoms with Gasteiger partial charge in [-0.1, -0.05) is 0 Å². The lowest BCUT2D eigenvalue weighted by molar-refractivity contribution is -0.146. The molecule has 96 valence electrons. The van der Waals surface area contributed by atoms with E-state index in [9.17, 15) is 13.2 Å². The molecule has 1 heterocycles. The van der Waals surface area contributed by atoms with E-state index in [4.69, 9.17) is 10.2 Å². The molecule has 0 amide bonds. The van der Waals surface area contributed by atoms with Gasteiger partial charge in [0.25, 0.3) is 10.0 Å². The molecule has 0 saturated heterocycles. The number of carbonyl (C=O) groups is 1. The number of aliphatic hydroxyl groups is 1. The van der Waals surface area contributed by atoms with Crippen molar-refractivity contribution in [1.29, 1.82) is 0 Å². The molecule has 9 heteroatoms. The minimum atomic E-state index is -3.72. The van der Waals surface area contributed by atoms with E-state index < -0.39 is 22.1 Å². The lowest BCUT2D eigenvalue weighted by atomic mass is 10.3. The van der Waals surface area contributed by atoms with Crippen molar-refractivity contribution in [3.05, 3.63) is 12.3 Å². The van der Waals surface area contributed by atoms with E-state index in [1.54, 1.807) is 0 Å². The summed E-state index contributed by atoms with van der Waals surface area (Å²) in [5.74, 6) is -1.38. The number of carboxylic acids is 1. The number of aromatic nitrogens is 2. The Balaban J connectivity index is 2.58. The highest BCUT2D eigenvalue weighted by Crippen LogP contribution is 2.05. The minimum Gasteiger partial charge on any atom is -0.479 e. The summed E-state index contributed by atoms with van der Waals surface area (Å²) >= 11 is 0. The van der Waals surface area contributed by atoms with Gasteiger partial charge in [-0.3, -0.25) is 4.68 Å². The lowest BCUT2D eigenvalue weighted by Gasteiger charge is -2.08. The predicted octanol–water partition coefficient (Wildman–Crippen LogP) is -1.47. The maximum atomic E-state index is 11.7. The number of aryl methyl sites for hydroxylation is 1. The fourth-order valence-corrected chi connectivity index (χ4v) is 2.32. The number of rotatable bonds is 6. The summed E-state index contributed by atoms with van der Waals surface area (Å²) in [6.45, 7) is -0.166. The summed E-state index contributed by atoms with van der Waals surface area (Å²) < 4.78 is 26.7. The van der Waals surface area contributed by atoms with E-state index in [1.165, 1.54) is 24.0 Å². The number of hydrogen-bond donors (Lipinski definition) is 3. The first-order chi connectivity index (χ1) is 7.84. The average Bonchev–Trinajstić information content (AvgIpc) is 2.64. The van der Waals surface area contributed by atoms with Crippen LogP contribution >= 0.6 is 0 Å². The van der Waals surface area contributed by atoms with E-state index in [0.717, 1.165) is 0 Å². The van der Waals surface area contributed by atoms with Crippen molar-refractivity contribution in [3.63, 3.8) is 0 Å². The Morgan fingerprint density at radius 2 is 2.29 bits per heavy atom. The van der Waals surface area contributed by atoms with Gasteiger partial charge in [-0.15, -0.1) is 0 Å². The summed E-state index contributed by atoms with van der Waals surface area (Å²) in [6, 6.07) is 1.32. The van der Waals surface area contributed by atoms with Crippen LogP contribution in [0.25, 0.3) is 0 Å². The van der Waals surface area contributed by atoms with Crippen molar-refractivity contribution in [3.8, 4) is 0 Å². The van der Waals surface area contributed by atoms with E-state index in [2.05, 4.69) is 9.82 Å². The van der Waals surface area contributed by atoms with Crippen molar-refractivity contribution in [2.75, 3.05) is 6.54 Å². The van der Waals surface area contributed by atoms with Gasteiger partial charge in [0.2, 0.25) is 0 Å². The molecule has 0 aromatic carbocycles. The maximum absolute atomic E-state index is 11.7. The number of nitrogens with one attached hydrogen (secondary N) is 1. The van der Waals surface area contributed by atoms with Crippen LogP contribution in [0.1, 0.15) is 6.42 Å². The first-order valence-corrected chi connectivity index (χ1v) is 6.21. The highest BCUT2D eigenvalue weighted by molar-refractivity contribution is 7.89. The number of sulfonamides is 1. The van der Waals surface area contributed by atoms with Gasteiger partial charge in [0.15, 0.2) is 11.1 Å². The van der Waals surface area contributed by atoms with Crippen LogP contribution in [0.2, 0.25) is 0 Å².